The SMILES string of the molecule is CC(C)C[C@@H](C(=O)N(C)CCC=C1c2ccccc2C=Cc2ccccc21)N(C)C(=O)O. The van der Waals surface area contributed by atoms with Gasteiger partial charge in [0.25, 0.3) is 0 Å². The van der Waals surface area contributed by atoms with Crippen LogP contribution in [0.4, 0.5) is 4.79 Å². The molecular weight excluding hydrogens is 400 g/mol. The van der Waals surface area contributed by atoms with Gasteiger partial charge in [0.1, 0.15) is 6.04 Å². The lowest BCUT2D eigenvalue weighted by molar-refractivity contribution is -0.135. The van der Waals surface area contributed by atoms with Gasteiger partial charge in [-0.05, 0) is 46.6 Å². The van der Waals surface area contributed by atoms with Crippen LogP contribution in [0.2, 0.25) is 0 Å². The van der Waals surface area contributed by atoms with E-state index in [9.17, 15) is 14.7 Å². The molecule has 168 valence electrons. The fourth-order valence-corrected chi connectivity index (χ4v) is 4.09. The van der Waals surface area contributed by atoms with Crippen molar-refractivity contribution in [2.45, 2.75) is 32.7 Å². The molecule has 32 heavy (non-hydrogen) atoms. The van der Waals surface area contributed by atoms with Crippen molar-refractivity contribution in [2.75, 3.05) is 20.6 Å². The highest BCUT2D eigenvalue weighted by atomic mass is 16.4. The molecule has 1 N–H and O–H groups in total. The van der Waals surface area contributed by atoms with E-state index in [1.165, 1.54) is 29.3 Å². The van der Waals surface area contributed by atoms with Gasteiger partial charge in [-0.15, -0.1) is 0 Å². The Labute approximate surface area is 190 Å². The highest BCUT2D eigenvalue weighted by Crippen LogP contribution is 2.33. The highest BCUT2D eigenvalue weighted by Gasteiger charge is 2.29. The summed E-state index contributed by atoms with van der Waals surface area (Å²) in [5.41, 5.74) is 5.83. The van der Waals surface area contributed by atoms with E-state index >= 15 is 0 Å². The van der Waals surface area contributed by atoms with Crippen molar-refractivity contribution >= 4 is 29.7 Å². The molecule has 2 aromatic carbocycles. The van der Waals surface area contributed by atoms with Crippen LogP contribution in [0, 0.1) is 5.92 Å². The Morgan fingerprint density at radius 1 is 0.938 bits per heavy atom. The number of hydrogen-bond acceptors (Lipinski definition) is 2. The highest BCUT2D eigenvalue weighted by molar-refractivity contribution is 5.93. The quantitative estimate of drug-likeness (QED) is 0.538. The molecule has 0 heterocycles. The van der Waals surface area contributed by atoms with Crippen molar-refractivity contribution in [3.63, 3.8) is 0 Å². The molecule has 5 nitrogen and oxygen atoms in total. The molecule has 3 rings (SSSR count). The molecule has 1 atom stereocenters. The smallest absolute Gasteiger partial charge is 0.407 e. The van der Waals surface area contributed by atoms with Crippen LogP contribution in [0.25, 0.3) is 17.7 Å². The molecule has 0 aliphatic heterocycles. The molecule has 0 radical (unpaired) electrons. The number of fused-ring (bicyclic) bond motifs is 2. The van der Waals surface area contributed by atoms with E-state index in [0.717, 1.165) is 10.5 Å². The predicted molar refractivity (Wildman–Crippen MR) is 130 cm³/mol. The van der Waals surface area contributed by atoms with Crippen molar-refractivity contribution < 1.29 is 14.7 Å². The van der Waals surface area contributed by atoms with Crippen LogP contribution in [-0.4, -0.2) is 53.6 Å². The van der Waals surface area contributed by atoms with Gasteiger partial charge in [0.15, 0.2) is 0 Å². The van der Waals surface area contributed by atoms with Gasteiger partial charge in [0, 0.05) is 20.6 Å². The van der Waals surface area contributed by atoms with Crippen molar-refractivity contribution in [1.29, 1.82) is 0 Å². The average molecular weight is 433 g/mol. The molecule has 0 unspecified atom stereocenters. The van der Waals surface area contributed by atoms with E-state index in [2.05, 4.69) is 42.5 Å². The van der Waals surface area contributed by atoms with E-state index in [0.29, 0.717) is 19.4 Å². The van der Waals surface area contributed by atoms with Crippen LogP contribution in [0.3, 0.4) is 0 Å². The Morgan fingerprint density at radius 2 is 1.47 bits per heavy atom. The molecule has 1 aliphatic carbocycles. The Kier molecular flexibility index (Phi) is 7.52. The Hall–Kier alpha value is -3.34. The summed E-state index contributed by atoms with van der Waals surface area (Å²) in [6.07, 6.45) is 6.56. The van der Waals surface area contributed by atoms with Crippen LogP contribution >= 0.6 is 0 Å². The number of carbonyl (C=O) groups is 2. The second kappa shape index (κ2) is 10.3. The summed E-state index contributed by atoms with van der Waals surface area (Å²) in [5.74, 6) is 0.0538. The summed E-state index contributed by atoms with van der Waals surface area (Å²) in [6.45, 7) is 4.51. The fourth-order valence-electron chi connectivity index (χ4n) is 4.09. The van der Waals surface area contributed by atoms with Gasteiger partial charge < -0.3 is 10.0 Å². The number of nitrogens with zero attached hydrogens (tertiary/aromatic N) is 2. The standard InChI is InChI=1S/C27H32N2O3/c1-19(2)18-25(29(4)27(31)32)26(30)28(3)17-9-14-24-22-12-7-5-10-20(22)15-16-21-11-6-8-13-23(21)24/h5-8,10-16,19,25H,9,17-18H2,1-4H3,(H,31,32)/t25-/m0/s1. The molecule has 0 fully saturated rings. The third-order valence-corrected chi connectivity index (χ3v) is 5.88. The second-order valence-corrected chi connectivity index (χ2v) is 8.71. The molecular formula is C27H32N2O3. The normalized spacial score (nSPS) is 13.1. The van der Waals surface area contributed by atoms with E-state index in [1.54, 1.807) is 11.9 Å². The summed E-state index contributed by atoms with van der Waals surface area (Å²) in [6, 6.07) is 16.0. The number of carboxylic acid groups (broad SMARTS) is 1. The van der Waals surface area contributed by atoms with Gasteiger partial charge in [-0.25, -0.2) is 4.79 Å². The minimum atomic E-state index is -1.08. The lowest BCUT2D eigenvalue weighted by Crippen LogP contribution is -2.48. The van der Waals surface area contributed by atoms with Gasteiger partial charge in [0.05, 0.1) is 0 Å². The van der Waals surface area contributed by atoms with Gasteiger partial charge in [0.2, 0.25) is 5.91 Å². The molecule has 2 aromatic rings. The first kappa shape index (κ1) is 23.3. The second-order valence-electron chi connectivity index (χ2n) is 8.71. The van der Waals surface area contributed by atoms with Crippen LogP contribution < -0.4 is 0 Å². The first-order chi connectivity index (χ1) is 15.3. The van der Waals surface area contributed by atoms with Crippen molar-refractivity contribution in [3.05, 3.63) is 76.9 Å². The van der Waals surface area contributed by atoms with Crippen LogP contribution in [0.5, 0.6) is 0 Å². The van der Waals surface area contributed by atoms with E-state index < -0.39 is 12.1 Å². The fraction of sp³-hybridized carbons (Fsp3) is 0.333. The van der Waals surface area contributed by atoms with Crippen LogP contribution in [-0.2, 0) is 4.79 Å². The number of amides is 2. The zero-order chi connectivity index (χ0) is 23.3. The maximum absolute atomic E-state index is 13.0. The van der Waals surface area contributed by atoms with E-state index in [4.69, 9.17) is 0 Å². The Balaban J connectivity index is 1.81. The van der Waals surface area contributed by atoms with E-state index in [1.807, 2.05) is 38.1 Å². The number of benzene rings is 2. The molecule has 0 spiro atoms. The molecule has 5 heteroatoms. The molecule has 0 bridgehead atoms. The van der Waals surface area contributed by atoms with E-state index in [-0.39, 0.29) is 11.8 Å². The lowest BCUT2D eigenvalue weighted by atomic mass is 9.93. The zero-order valence-corrected chi connectivity index (χ0v) is 19.3. The first-order valence-corrected chi connectivity index (χ1v) is 11.1. The maximum atomic E-state index is 13.0. The summed E-state index contributed by atoms with van der Waals surface area (Å²) in [7, 11) is 3.22. The predicted octanol–water partition coefficient (Wildman–Crippen LogP) is 5.48. The van der Waals surface area contributed by atoms with Crippen molar-refractivity contribution in [1.82, 2.24) is 9.80 Å². The molecule has 2 amide bonds. The largest absolute Gasteiger partial charge is 0.465 e. The van der Waals surface area contributed by atoms with Crippen LogP contribution in [0.1, 0.15) is 48.9 Å². The minimum absolute atomic E-state index is 0.162. The monoisotopic (exact) mass is 432 g/mol. The Bertz CT molecular complexity index is 987. The summed E-state index contributed by atoms with van der Waals surface area (Å²) in [4.78, 5) is 27.3. The number of rotatable bonds is 7. The van der Waals surface area contributed by atoms with Crippen molar-refractivity contribution in [3.8, 4) is 0 Å². The lowest BCUT2D eigenvalue weighted by Gasteiger charge is -2.30. The zero-order valence-electron chi connectivity index (χ0n) is 19.3. The summed E-state index contributed by atoms with van der Waals surface area (Å²) >= 11 is 0. The minimum Gasteiger partial charge on any atom is -0.465 e. The molecule has 0 saturated carbocycles. The molecule has 0 saturated heterocycles. The van der Waals surface area contributed by atoms with Gasteiger partial charge >= 0.3 is 6.09 Å². The number of likely N-dealkylation sites (N-methyl/N-ethyl adjacent to an activating group) is 2. The maximum Gasteiger partial charge on any atom is 0.407 e. The first-order valence-electron chi connectivity index (χ1n) is 11.1. The summed E-state index contributed by atoms with van der Waals surface area (Å²) in [5, 5.41) is 9.39. The van der Waals surface area contributed by atoms with Crippen LogP contribution in [0.15, 0.2) is 54.6 Å². The molecule has 0 aromatic heterocycles. The topological polar surface area (TPSA) is 60.9 Å². The average Bonchev–Trinajstić information content (AvgIpc) is 2.93. The molecule has 1 aliphatic rings. The third kappa shape index (κ3) is 5.28. The van der Waals surface area contributed by atoms with Crippen molar-refractivity contribution in [2.24, 2.45) is 5.92 Å². The third-order valence-electron chi connectivity index (χ3n) is 5.88. The Morgan fingerprint density at radius 3 is 1.97 bits per heavy atom. The number of carbonyl (C=O) groups excluding carboxylic acids is 1. The van der Waals surface area contributed by atoms with Gasteiger partial charge in [-0.1, -0.05) is 80.6 Å². The number of hydrogen-bond donors (Lipinski definition) is 1. The van der Waals surface area contributed by atoms with Gasteiger partial charge in [-0.3, -0.25) is 9.69 Å². The summed E-state index contributed by atoms with van der Waals surface area (Å²) < 4.78 is 0. The van der Waals surface area contributed by atoms with Gasteiger partial charge in [-0.2, -0.15) is 0 Å².